The maximum Gasteiger partial charge on any atom is -1.00 e. The Labute approximate surface area is 122 Å². The molecule has 80 valence electrons. The van der Waals surface area contributed by atoms with Crippen molar-refractivity contribution in [2.24, 2.45) is 0 Å². The van der Waals surface area contributed by atoms with E-state index in [0.717, 1.165) is 0 Å². The van der Waals surface area contributed by atoms with Gasteiger partial charge in [-0.15, -0.1) is 0 Å². The van der Waals surface area contributed by atoms with Crippen LogP contribution in [0.15, 0.2) is 29.8 Å². The quantitative estimate of drug-likeness (QED) is 0.453. The van der Waals surface area contributed by atoms with Gasteiger partial charge in [0.25, 0.3) is 0 Å². The van der Waals surface area contributed by atoms with Gasteiger partial charge in [0.15, 0.2) is 0 Å². The molecule has 0 bridgehead atoms. The second-order valence-corrected chi connectivity index (χ2v) is 4.04. The predicted molar refractivity (Wildman–Crippen MR) is 47.5 cm³/mol. The molecule has 0 N–H and O–H groups in total. The molecule has 1 aromatic rings. The fraction of sp³-hybridized carbons (Fsp3) is 0.273. The molecule has 1 aliphatic rings. The van der Waals surface area contributed by atoms with Crippen molar-refractivity contribution in [2.45, 2.75) is 17.6 Å². The molecule has 1 atom stereocenters. The molecular formula is C11H11Cl3Ti. The normalized spacial score (nSPS) is 16.5. The molecule has 1 aromatic carbocycles. The van der Waals surface area contributed by atoms with Crippen LogP contribution in [0, 0.1) is 0 Å². The van der Waals surface area contributed by atoms with Crippen molar-refractivity contribution >= 4 is 6.08 Å². The van der Waals surface area contributed by atoms with Crippen molar-refractivity contribution in [1.82, 2.24) is 0 Å². The van der Waals surface area contributed by atoms with Crippen LogP contribution in [0.2, 0.25) is 0 Å². The number of allylic oxidation sites excluding steroid dienone is 1. The molecule has 2 rings (SSSR count). The predicted octanol–water partition coefficient (Wildman–Crippen LogP) is -5.91. The third-order valence-electron chi connectivity index (χ3n) is 2.43. The van der Waals surface area contributed by atoms with Crippen molar-refractivity contribution in [3.05, 3.63) is 41.0 Å². The Morgan fingerprint density at radius 3 is 2.27 bits per heavy atom. The van der Waals surface area contributed by atoms with Crippen LogP contribution in [0.3, 0.4) is 0 Å². The monoisotopic (exact) mass is 296 g/mol. The van der Waals surface area contributed by atoms with Crippen LogP contribution >= 0.6 is 0 Å². The van der Waals surface area contributed by atoms with Crippen molar-refractivity contribution in [3.8, 4) is 0 Å². The summed E-state index contributed by atoms with van der Waals surface area (Å²) in [6.07, 6.45) is 3.51. The van der Waals surface area contributed by atoms with Gasteiger partial charge in [0.05, 0.1) is 0 Å². The van der Waals surface area contributed by atoms with Gasteiger partial charge in [0.1, 0.15) is 0 Å². The molecule has 0 fully saturated rings. The summed E-state index contributed by atoms with van der Waals surface area (Å²) >= 11 is 2.29. The molecule has 1 unspecified atom stereocenters. The zero-order chi connectivity index (χ0) is 8.55. The summed E-state index contributed by atoms with van der Waals surface area (Å²) in [7, 11) is 0. The second-order valence-electron chi connectivity index (χ2n) is 3.13. The average molecular weight is 297 g/mol. The van der Waals surface area contributed by atoms with Crippen molar-refractivity contribution in [3.63, 3.8) is 0 Å². The van der Waals surface area contributed by atoms with Crippen LogP contribution < -0.4 is 37.2 Å². The summed E-state index contributed by atoms with van der Waals surface area (Å²) in [4.78, 5) is 0. The fourth-order valence-electron chi connectivity index (χ4n) is 1.69. The van der Waals surface area contributed by atoms with Crippen molar-refractivity contribution in [1.29, 1.82) is 0 Å². The molecule has 15 heavy (non-hydrogen) atoms. The standard InChI is InChI=1S/C11H11.3ClH.Ti/c1-2-9-7-10-5-3-4-6-11(10)8-9;;;;/h3-8H,2H2,1H3;3*1H;/q;;;;+3/p-3. The third-order valence-corrected chi connectivity index (χ3v) is 3.49. The molecule has 0 heterocycles. The number of rotatable bonds is 1. The molecule has 0 saturated carbocycles. The van der Waals surface area contributed by atoms with Crippen LogP contribution in [0.25, 0.3) is 6.08 Å². The van der Waals surface area contributed by atoms with Crippen molar-refractivity contribution in [2.75, 3.05) is 0 Å². The molecule has 0 saturated heterocycles. The summed E-state index contributed by atoms with van der Waals surface area (Å²) < 4.78 is 0.645. The summed E-state index contributed by atoms with van der Waals surface area (Å²) in [5, 5.41) is 0. The molecule has 0 spiro atoms. The third kappa shape index (κ3) is 3.51. The van der Waals surface area contributed by atoms with E-state index >= 15 is 0 Å². The first-order chi connectivity index (χ1) is 5.83. The first-order valence-electron chi connectivity index (χ1n) is 4.33. The minimum Gasteiger partial charge on any atom is -1.00 e. The maximum atomic E-state index is 2.33. The van der Waals surface area contributed by atoms with E-state index in [0.29, 0.717) is 4.22 Å². The Bertz CT molecular complexity index is 336. The van der Waals surface area contributed by atoms with Gasteiger partial charge in [-0.3, -0.25) is 0 Å². The number of halogens is 3. The Kier molecular flexibility index (Phi) is 9.27. The molecular weight excluding hydrogens is 286 g/mol. The van der Waals surface area contributed by atoms with E-state index in [1.165, 1.54) is 17.5 Å². The largest absolute Gasteiger partial charge is 1.00 e. The van der Waals surface area contributed by atoms with Gasteiger partial charge >= 0.3 is 85.0 Å². The van der Waals surface area contributed by atoms with Crippen LogP contribution in [0.5, 0.6) is 0 Å². The van der Waals surface area contributed by atoms with E-state index in [2.05, 4.69) is 57.7 Å². The zero-order valence-electron chi connectivity index (χ0n) is 8.31. The van der Waals surface area contributed by atoms with Crippen molar-refractivity contribution < 1.29 is 57.7 Å². The summed E-state index contributed by atoms with van der Waals surface area (Å²) in [6.45, 7) is 2.23. The number of hydrogen-bond donors (Lipinski definition) is 0. The van der Waals surface area contributed by atoms with Gasteiger partial charge in [-0.2, -0.15) is 0 Å². The van der Waals surface area contributed by atoms with E-state index in [-0.39, 0.29) is 37.2 Å². The average Bonchev–Trinajstić information content (AvgIpc) is 2.44. The Morgan fingerprint density at radius 1 is 1.13 bits per heavy atom. The Morgan fingerprint density at radius 2 is 1.73 bits per heavy atom. The van der Waals surface area contributed by atoms with Crippen LogP contribution in [0.4, 0.5) is 0 Å². The van der Waals surface area contributed by atoms with E-state index in [9.17, 15) is 0 Å². The van der Waals surface area contributed by atoms with Gasteiger partial charge < -0.3 is 37.2 Å². The number of fused-ring (bicyclic) bond motifs is 1. The van der Waals surface area contributed by atoms with E-state index in [1.807, 2.05) is 0 Å². The van der Waals surface area contributed by atoms with Gasteiger partial charge in [-0.25, -0.2) is 0 Å². The fourth-order valence-corrected chi connectivity index (χ4v) is 2.55. The first-order valence-corrected chi connectivity index (χ1v) is 5.23. The van der Waals surface area contributed by atoms with Crippen LogP contribution in [-0.4, -0.2) is 0 Å². The number of hydrogen-bond acceptors (Lipinski definition) is 0. The minimum atomic E-state index is 0. The summed E-state index contributed by atoms with van der Waals surface area (Å²) in [5.41, 5.74) is 4.48. The topological polar surface area (TPSA) is 0 Å². The van der Waals surface area contributed by atoms with E-state index in [1.54, 1.807) is 5.57 Å². The van der Waals surface area contributed by atoms with Gasteiger partial charge in [-0.1, -0.05) is 0 Å². The number of benzene rings is 1. The van der Waals surface area contributed by atoms with Crippen LogP contribution in [-0.2, 0) is 20.4 Å². The van der Waals surface area contributed by atoms with Crippen LogP contribution in [0.1, 0.15) is 28.7 Å². The summed E-state index contributed by atoms with van der Waals surface area (Å²) in [6, 6.07) is 8.68. The molecule has 0 radical (unpaired) electrons. The maximum absolute atomic E-state index is 2.33. The SMILES string of the molecule is CCC1=Cc2ccccc2[CH]1[Ti+3].[Cl-].[Cl-].[Cl-]. The minimum absolute atomic E-state index is 0. The van der Waals surface area contributed by atoms with Gasteiger partial charge in [-0.05, 0) is 0 Å². The molecule has 1 aliphatic carbocycles. The molecule has 0 aliphatic heterocycles. The van der Waals surface area contributed by atoms with E-state index < -0.39 is 0 Å². The Balaban J connectivity index is 0. The molecule has 0 aromatic heterocycles. The second kappa shape index (κ2) is 7.76. The molecule has 0 nitrogen and oxygen atoms in total. The first kappa shape index (κ1) is 17.9. The smallest absolute Gasteiger partial charge is 1.00 e. The van der Waals surface area contributed by atoms with E-state index in [4.69, 9.17) is 0 Å². The Hall–Kier alpha value is 0.544. The zero-order valence-corrected chi connectivity index (χ0v) is 12.1. The molecule has 4 heteroatoms. The molecule has 0 amide bonds. The van der Waals surface area contributed by atoms with Gasteiger partial charge in [0, 0.05) is 0 Å². The van der Waals surface area contributed by atoms with Gasteiger partial charge in [0.2, 0.25) is 0 Å². The summed E-state index contributed by atoms with van der Waals surface area (Å²) in [5.74, 6) is 0.